The number of hydrogen-bond acceptors (Lipinski definition) is 6. The van der Waals surface area contributed by atoms with Crippen molar-refractivity contribution in [1.82, 2.24) is 15.2 Å². The number of nitrogens with zero attached hydrogens (tertiary/aromatic N) is 3. The van der Waals surface area contributed by atoms with Gasteiger partial charge in [0.1, 0.15) is 11.4 Å². The van der Waals surface area contributed by atoms with Gasteiger partial charge >= 0.3 is 0 Å². The summed E-state index contributed by atoms with van der Waals surface area (Å²) in [6.45, 7) is 1.40. The number of rotatable bonds is 3. The van der Waals surface area contributed by atoms with Crippen molar-refractivity contribution in [3.05, 3.63) is 41.7 Å². The van der Waals surface area contributed by atoms with Crippen molar-refractivity contribution in [2.75, 3.05) is 18.5 Å². The van der Waals surface area contributed by atoms with Gasteiger partial charge in [0.2, 0.25) is 0 Å². The lowest BCUT2D eigenvalue weighted by atomic mass is 10.1. The zero-order chi connectivity index (χ0) is 16.5. The molecule has 3 aromatic rings. The van der Waals surface area contributed by atoms with Gasteiger partial charge in [-0.1, -0.05) is 11.6 Å². The maximum absolute atomic E-state index is 10.2. The van der Waals surface area contributed by atoms with Crippen molar-refractivity contribution in [2.24, 2.45) is 0 Å². The first-order chi connectivity index (χ1) is 11.7. The monoisotopic (exact) mass is 342 g/mol. The van der Waals surface area contributed by atoms with Crippen molar-refractivity contribution >= 4 is 28.2 Å². The number of ether oxygens (including phenoxy) is 1. The molecule has 0 unspecified atom stereocenters. The molecule has 1 aromatic carbocycles. The minimum atomic E-state index is 0.0693. The van der Waals surface area contributed by atoms with Crippen molar-refractivity contribution in [3.8, 4) is 17.0 Å². The topological polar surface area (TPSA) is 80.2 Å². The molecule has 122 valence electrons. The molecule has 6 nitrogen and oxygen atoms in total. The van der Waals surface area contributed by atoms with Crippen LogP contribution in [0.15, 0.2) is 36.7 Å². The van der Waals surface area contributed by atoms with E-state index >= 15 is 0 Å². The van der Waals surface area contributed by atoms with Gasteiger partial charge in [0.15, 0.2) is 5.82 Å². The van der Waals surface area contributed by atoms with E-state index in [1.54, 1.807) is 24.5 Å². The lowest BCUT2D eigenvalue weighted by Crippen LogP contribution is -2.20. The number of nitrogens with one attached hydrogen (secondary N) is 1. The Hall–Kier alpha value is -2.44. The van der Waals surface area contributed by atoms with Crippen LogP contribution >= 0.6 is 11.6 Å². The van der Waals surface area contributed by atoms with Gasteiger partial charge in [0.05, 0.1) is 12.6 Å². The average Bonchev–Trinajstić information content (AvgIpc) is 3.09. The summed E-state index contributed by atoms with van der Waals surface area (Å²) in [6, 6.07) is 7.03. The fourth-order valence-corrected chi connectivity index (χ4v) is 3.02. The highest BCUT2D eigenvalue weighted by molar-refractivity contribution is 6.30. The Morgan fingerprint density at radius 3 is 2.92 bits per heavy atom. The van der Waals surface area contributed by atoms with E-state index in [2.05, 4.69) is 20.5 Å². The molecule has 2 N–H and O–H groups in total. The van der Waals surface area contributed by atoms with Gasteiger partial charge in [-0.25, -0.2) is 0 Å². The summed E-state index contributed by atoms with van der Waals surface area (Å²) < 4.78 is 5.39. The molecule has 1 atom stereocenters. The average molecular weight is 343 g/mol. The Morgan fingerprint density at radius 1 is 1.21 bits per heavy atom. The molecular formula is C17H15ClN4O2. The molecule has 1 fully saturated rings. The highest BCUT2D eigenvalue weighted by Gasteiger charge is 2.19. The van der Waals surface area contributed by atoms with E-state index < -0.39 is 0 Å². The molecule has 4 rings (SSSR count). The van der Waals surface area contributed by atoms with Crippen molar-refractivity contribution in [1.29, 1.82) is 0 Å². The fourth-order valence-electron chi connectivity index (χ4n) is 2.85. The number of fused-ring (bicyclic) bond motifs is 1. The summed E-state index contributed by atoms with van der Waals surface area (Å²) in [7, 11) is 0. The third-order valence-electron chi connectivity index (χ3n) is 4.07. The van der Waals surface area contributed by atoms with Crippen LogP contribution in [0.25, 0.3) is 22.0 Å². The lowest BCUT2D eigenvalue weighted by Gasteiger charge is -2.14. The van der Waals surface area contributed by atoms with E-state index in [0.717, 1.165) is 23.8 Å². The van der Waals surface area contributed by atoms with Crippen LogP contribution in [0.5, 0.6) is 5.75 Å². The van der Waals surface area contributed by atoms with Gasteiger partial charge in [-0.15, -0.1) is 10.2 Å². The largest absolute Gasteiger partial charge is 0.507 e. The van der Waals surface area contributed by atoms with E-state index in [1.165, 1.54) is 6.07 Å². The maximum atomic E-state index is 10.2. The third kappa shape index (κ3) is 2.74. The summed E-state index contributed by atoms with van der Waals surface area (Å²) in [6.07, 6.45) is 4.38. The van der Waals surface area contributed by atoms with Crippen LogP contribution in [0.4, 0.5) is 5.82 Å². The van der Waals surface area contributed by atoms with Crippen molar-refractivity contribution in [3.63, 3.8) is 0 Å². The molecule has 0 bridgehead atoms. The zero-order valence-electron chi connectivity index (χ0n) is 12.7. The molecule has 0 spiro atoms. The van der Waals surface area contributed by atoms with Gasteiger partial charge in [-0.2, -0.15) is 0 Å². The number of hydrogen-bond donors (Lipinski definition) is 2. The predicted molar refractivity (Wildman–Crippen MR) is 92.3 cm³/mol. The van der Waals surface area contributed by atoms with Gasteiger partial charge in [0, 0.05) is 40.4 Å². The zero-order valence-corrected chi connectivity index (χ0v) is 13.5. The van der Waals surface area contributed by atoms with Crippen LogP contribution in [0.2, 0.25) is 5.02 Å². The molecule has 0 aliphatic carbocycles. The summed E-state index contributed by atoms with van der Waals surface area (Å²) in [5.41, 5.74) is 1.17. The molecule has 0 radical (unpaired) electrons. The molecule has 1 saturated heterocycles. The third-order valence-corrected chi connectivity index (χ3v) is 4.30. The maximum Gasteiger partial charge on any atom is 0.158 e. The number of pyridine rings is 1. The van der Waals surface area contributed by atoms with Crippen LogP contribution in [0.1, 0.15) is 6.42 Å². The van der Waals surface area contributed by atoms with E-state index in [0.29, 0.717) is 28.7 Å². The Balaban J connectivity index is 1.83. The summed E-state index contributed by atoms with van der Waals surface area (Å²) in [5.74, 6) is 0.741. The fraction of sp³-hybridized carbons (Fsp3) is 0.235. The number of phenols is 1. The van der Waals surface area contributed by atoms with Crippen LogP contribution < -0.4 is 5.32 Å². The second kappa shape index (κ2) is 6.22. The molecule has 24 heavy (non-hydrogen) atoms. The quantitative estimate of drug-likeness (QED) is 0.760. The SMILES string of the molecule is Oc1cc(Cl)ccc1-c1nnc(N[C@H]2CCOC2)c2cnccc12. The second-order valence-corrected chi connectivity index (χ2v) is 6.12. The normalized spacial score (nSPS) is 17.3. The molecule has 2 aromatic heterocycles. The Bertz CT molecular complexity index is 897. The Morgan fingerprint density at radius 2 is 2.12 bits per heavy atom. The standard InChI is InChI=1S/C17H15ClN4O2/c18-10-1-2-13(15(23)7-10)16-12-3-5-19-8-14(12)17(22-21-16)20-11-4-6-24-9-11/h1-3,5,7-8,11,23H,4,6,9H2,(H,20,22)/t11-/m0/s1. The number of aromatic hydroxyl groups is 1. The van der Waals surface area contributed by atoms with Crippen molar-refractivity contribution in [2.45, 2.75) is 12.5 Å². The first-order valence-corrected chi connectivity index (χ1v) is 8.04. The van der Waals surface area contributed by atoms with Gasteiger partial charge < -0.3 is 15.2 Å². The van der Waals surface area contributed by atoms with Crippen molar-refractivity contribution < 1.29 is 9.84 Å². The first-order valence-electron chi connectivity index (χ1n) is 7.66. The minimum absolute atomic E-state index is 0.0693. The van der Waals surface area contributed by atoms with Crippen LogP contribution in [0.3, 0.4) is 0 Å². The van der Waals surface area contributed by atoms with E-state index in [4.69, 9.17) is 16.3 Å². The smallest absolute Gasteiger partial charge is 0.158 e. The number of halogens is 1. The molecule has 0 saturated carbocycles. The van der Waals surface area contributed by atoms with Gasteiger partial charge in [-0.3, -0.25) is 4.98 Å². The van der Waals surface area contributed by atoms with Crippen LogP contribution in [0, 0.1) is 0 Å². The molecule has 1 aliphatic rings. The number of anilines is 1. The second-order valence-electron chi connectivity index (χ2n) is 5.68. The van der Waals surface area contributed by atoms with E-state index in [-0.39, 0.29) is 11.8 Å². The number of benzene rings is 1. The summed E-state index contributed by atoms with van der Waals surface area (Å²) in [4.78, 5) is 4.20. The van der Waals surface area contributed by atoms with Crippen LogP contribution in [-0.2, 0) is 4.74 Å². The number of aromatic nitrogens is 3. The summed E-state index contributed by atoms with van der Waals surface area (Å²) in [5, 5.41) is 24.4. The molecule has 7 heteroatoms. The molecule has 0 amide bonds. The Labute approximate surface area is 143 Å². The highest BCUT2D eigenvalue weighted by Crippen LogP contribution is 2.35. The molecule has 3 heterocycles. The van der Waals surface area contributed by atoms with Gasteiger partial charge in [-0.05, 0) is 30.7 Å². The molecular weight excluding hydrogens is 328 g/mol. The van der Waals surface area contributed by atoms with Gasteiger partial charge in [0.25, 0.3) is 0 Å². The minimum Gasteiger partial charge on any atom is -0.507 e. The molecule has 1 aliphatic heterocycles. The number of phenolic OH excluding ortho intramolecular Hbond substituents is 1. The Kier molecular flexibility index (Phi) is 3.92. The predicted octanol–water partition coefficient (Wildman–Crippen LogP) is 3.25. The lowest BCUT2D eigenvalue weighted by molar-refractivity contribution is 0.195. The van der Waals surface area contributed by atoms with Crippen LogP contribution in [-0.4, -0.2) is 39.5 Å². The highest BCUT2D eigenvalue weighted by atomic mass is 35.5. The summed E-state index contributed by atoms with van der Waals surface area (Å²) >= 11 is 5.92. The van der Waals surface area contributed by atoms with E-state index in [1.807, 2.05) is 6.07 Å². The first kappa shape index (κ1) is 15.1. The van der Waals surface area contributed by atoms with E-state index in [9.17, 15) is 5.11 Å².